The number of anilines is 3. The molecule has 8 aromatic carbocycles. The number of para-hydroxylation sites is 1. The van der Waals surface area contributed by atoms with Gasteiger partial charge in [-0.2, -0.15) is 0 Å². The number of fused-ring (bicyclic) bond motifs is 3. The highest BCUT2D eigenvalue weighted by Gasteiger charge is 2.17. The summed E-state index contributed by atoms with van der Waals surface area (Å²) in [6.45, 7) is 0. The summed E-state index contributed by atoms with van der Waals surface area (Å²) in [7, 11) is 0. The van der Waals surface area contributed by atoms with Gasteiger partial charge in [-0.1, -0.05) is 109 Å². The summed E-state index contributed by atoms with van der Waals surface area (Å²) in [5.41, 5.74) is 6.94. The molecule has 0 saturated heterocycles. The summed E-state index contributed by atoms with van der Waals surface area (Å²) in [5.74, 6) is 0. The molecule has 2 nitrogen and oxygen atoms in total. The van der Waals surface area contributed by atoms with Gasteiger partial charge in [0.05, 0.1) is 11.2 Å². The zero-order chi connectivity index (χ0) is 28.3. The van der Waals surface area contributed by atoms with Crippen molar-refractivity contribution in [2.75, 3.05) is 4.90 Å². The predicted octanol–water partition coefficient (Wildman–Crippen LogP) is 11.4. The van der Waals surface area contributed by atoms with E-state index in [9.17, 15) is 0 Å². The predicted molar refractivity (Wildman–Crippen MR) is 183 cm³/mol. The van der Waals surface area contributed by atoms with Crippen LogP contribution in [0.1, 0.15) is 0 Å². The van der Waals surface area contributed by atoms with Crippen LogP contribution in [0.5, 0.6) is 0 Å². The minimum absolute atomic E-state index is 1.06. The molecule has 0 fully saturated rings. The van der Waals surface area contributed by atoms with E-state index in [1.165, 1.54) is 65.3 Å². The Balaban J connectivity index is 1.22. The third-order valence-electron chi connectivity index (χ3n) is 8.81. The topological polar surface area (TPSA) is 16.1 Å². The van der Waals surface area contributed by atoms with Gasteiger partial charge < -0.3 is 4.90 Å². The molecular weight excluding hydrogens is 520 g/mol. The monoisotopic (exact) mass is 546 g/mol. The van der Waals surface area contributed by atoms with E-state index in [2.05, 4.69) is 150 Å². The Kier molecular flexibility index (Phi) is 5.23. The molecule has 1 heterocycles. The Morgan fingerprint density at radius 2 is 1.12 bits per heavy atom. The zero-order valence-electron chi connectivity index (χ0n) is 23.4. The Morgan fingerprint density at radius 1 is 0.419 bits per heavy atom. The molecule has 0 atom stereocenters. The number of nitrogens with zero attached hydrogens (tertiary/aromatic N) is 2. The third-order valence-corrected chi connectivity index (χ3v) is 8.81. The van der Waals surface area contributed by atoms with E-state index in [4.69, 9.17) is 4.98 Å². The van der Waals surface area contributed by atoms with Gasteiger partial charge in [0.15, 0.2) is 0 Å². The molecule has 0 unspecified atom stereocenters. The van der Waals surface area contributed by atoms with Crippen LogP contribution in [0.2, 0.25) is 0 Å². The standard InChI is InChI=1S/C41H26N2/c1-2-11-32(12-3-1)43(38-14-6-9-27-8-4-5-13-35(27)38)33-20-17-28(18-21-33)34-22-19-29-15-16-30-26-31-10-7-25-42-41(31)37-24-23-36(34)39(29)40(30)37/h1-26H. The van der Waals surface area contributed by atoms with Gasteiger partial charge in [-0.05, 0) is 85.9 Å². The van der Waals surface area contributed by atoms with Crippen molar-refractivity contribution in [3.8, 4) is 11.1 Å². The van der Waals surface area contributed by atoms with Crippen molar-refractivity contribution in [3.05, 3.63) is 158 Å². The molecule has 0 radical (unpaired) electrons. The van der Waals surface area contributed by atoms with Crippen molar-refractivity contribution in [2.24, 2.45) is 0 Å². The van der Waals surface area contributed by atoms with Gasteiger partial charge in [-0.15, -0.1) is 0 Å². The first-order valence-corrected chi connectivity index (χ1v) is 14.7. The Morgan fingerprint density at radius 3 is 2.02 bits per heavy atom. The number of hydrogen-bond donors (Lipinski definition) is 0. The highest BCUT2D eigenvalue weighted by atomic mass is 15.1. The van der Waals surface area contributed by atoms with Crippen molar-refractivity contribution >= 4 is 71.1 Å². The van der Waals surface area contributed by atoms with Crippen molar-refractivity contribution in [3.63, 3.8) is 0 Å². The minimum Gasteiger partial charge on any atom is -0.310 e. The van der Waals surface area contributed by atoms with Crippen LogP contribution in [0.15, 0.2) is 158 Å². The summed E-state index contributed by atoms with van der Waals surface area (Å²) in [4.78, 5) is 7.11. The molecule has 0 aliphatic rings. The molecule has 9 rings (SSSR count). The maximum Gasteiger partial charge on any atom is 0.0780 e. The van der Waals surface area contributed by atoms with Crippen molar-refractivity contribution in [1.29, 1.82) is 0 Å². The normalized spacial score (nSPS) is 11.7. The summed E-state index contributed by atoms with van der Waals surface area (Å²) in [6.07, 6.45) is 1.89. The van der Waals surface area contributed by atoms with Crippen LogP contribution in [-0.2, 0) is 0 Å². The lowest BCUT2D eigenvalue weighted by molar-refractivity contribution is 1.30. The van der Waals surface area contributed by atoms with Crippen LogP contribution < -0.4 is 4.90 Å². The van der Waals surface area contributed by atoms with E-state index >= 15 is 0 Å². The lowest BCUT2D eigenvalue weighted by Gasteiger charge is -2.27. The van der Waals surface area contributed by atoms with Crippen LogP contribution in [0, 0.1) is 0 Å². The van der Waals surface area contributed by atoms with Crippen LogP contribution in [0.25, 0.3) is 65.1 Å². The summed E-state index contributed by atoms with van der Waals surface area (Å²) in [5, 5.41) is 11.3. The number of hydrogen-bond acceptors (Lipinski definition) is 2. The quantitative estimate of drug-likeness (QED) is 0.161. The van der Waals surface area contributed by atoms with Crippen molar-refractivity contribution in [1.82, 2.24) is 4.98 Å². The maximum absolute atomic E-state index is 4.76. The van der Waals surface area contributed by atoms with Crippen LogP contribution in [0.3, 0.4) is 0 Å². The average molecular weight is 547 g/mol. The number of rotatable bonds is 4. The first kappa shape index (κ1) is 23.9. The molecule has 0 saturated carbocycles. The fraction of sp³-hybridized carbons (Fsp3) is 0. The molecule has 0 N–H and O–H groups in total. The Bertz CT molecular complexity index is 2440. The third kappa shape index (κ3) is 3.70. The van der Waals surface area contributed by atoms with Crippen LogP contribution >= 0.6 is 0 Å². The van der Waals surface area contributed by atoms with Crippen molar-refractivity contribution in [2.45, 2.75) is 0 Å². The van der Waals surface area contributed by atoms with Crippen LogP contribution in [-0.4, -0.2) is 4.98 Å². The van der Waals surface area contributed by atoms with Crippen LogP contribution in [0.4, 0.5) is 17.1 Å². The molecule has 0 bridgehead atoms. The number of aromatic nitrogens is 1. The van der Waals surface area contributed by atoms with E-state index in [1.54, 1.807) is 0 Å². The van der Waals surface area contributed by atoms with Gasteiger partial charge in [-0.3, -0.25) is 4.98 Å². The molecule has 0 aliphatic carbocycles. The fourth-order valence-electron chi connectivity index (χ4n) is 6.87. The second-order valence-electron chi connectivity index (χ2n) is 11.2. The lowest BCUT2D eigenvalue weighted by atomic mass is 9.89. The summed E-state index contributed by atoms with van der Waals surface area (Å²) >= 11 is 0. The van der Waals surface area contributed by atoms with Gasteiger partial charge >= 0.3 is 0 Å². The second-order valence-corrected chi connectivity index (χ2v) is 11.2. The van der Waals surface area contributed by atoms with Gasteiger partial charge in [-0.25, -0.2) is 0 Å². The highest BCUT2D eigenvalue weighted by molar-refractivity contribution is 6.30. The average Bonchev–Trinajstić information content (AvgIpc) is 3.08. The van der Waals surface area contributed by atoms with Crippen molar-refractivity contribution < 1.29 is 0 Å². The number of pyridine rings is 1. The van der Waals surface area contributed by atoms with E-state index < -0.39 is 0 Å². The van der Waals surface area contributed by atoms with Gasteiger partial charge in [0.2, 0.25) is 0 Å². The zero-order valence-corrected chi connectivity index (χ0v) is 23.4. The largest absolute Gasteiger partial charge is 0.310 e. The fourth-order valence-corrected chi connectivity index (χ4v) is 6.87. The molecule has 0 amide bonds. The SMILES string of the molecule is c1ccc(N(c2ccc(-c3ccc4ccc5cc6cccnc6c6ccc3c4c56)cc2)c2cccc3ccccc23)cc1. The van der Waals surface area contributed by atoms with E-state index in [0.717, 1.165) is 16.9 Å². The minimum atomic E-state index is 1.06. The highest BCUT2D eigenvalue weighted by Crippen LogP contribution is 2.43. The Labute approximate surface area is 249 Å². The molecule has 9 aromatic rings. The summed E-state index contributed by atoms with van der Waals surface area (Å²) in [6, 6.07) is 54.8. The van der Waals surface area contributed by atoms with Gasteiger partial charge in [0, 0.05) is 33.7 Å². The smallest absolute Gasteiger partial charge is 0.0780 e. The molecule has 0 spiro atoms. The maximum atomic E-state index is 4.76. The lowest BCUT2D eigenvalue weighted by Crippen LogP contribution is -2.10. The van der Waals surface area contributed by atoms with E-state index in [1.807, 2.05) is 12.3 Å². The molecule has 0 aliphatic heterocycles. The molecule has 2 heteroatoms. The van der Waals surface area contributed by atoms with Gasteiger partial charge in [0.25, 0.3) is 0 Å². The molecule has 43 heavy (non-hydrogen) atoms. The Hall–Kier alpha value is -5.73. The first-order chi connectivity index (χ1) is 21.3. The van der Waals surface area contributed by atoms with Gasteiger partial charge in [0.1, 0.15) is 0 Å². The second kappa shape index (κ2) is 9.40. The molecule has 1 aromatic heterocycles. The van der Waals surface area contributed by atoms with E-state index in [0.29, 0.717) is 0 Å². The van der Waals surface area contributed by atoms with E-state index in [-0.39, 0.29) is 0 Å². The number of benzene rings is 8. The molecular formula is C41H26N2. The summed E-state index contributed by atoms with van der Waals surface area (Å²) < 4.78 is 0. The first-order valence-electron chi connectivity index (χ1n) is 14.7. The molecule has 200 valence electrons.